The van der Waals surface area contributed by atoms with Crippen molar-refractivity contribution in [1.29, 1.82) is 0 Å². The van der Waals surface area contributed by atoms with E-state index in [9.17, 15) is 9.59 Å². The molecule has 0 aliphatic rings. The summed E-state index contributed by atoms with van der Waals surface area (Å²) in [6.45, 7) is 3.82. The van der Waals surface area contributed by atoms with Crippen LogP contribution in [0.5, 0.6) is 11.5 Å². The fourth-order valence-electron chi connectivity index (χ4n) is 3.59. The first-order chi connectivity index (χ1) is 17.4. The number of aryl methyl sites for hydroxylation is 2. The van der Waals surface area contributed by atoms with Gasteiger partial charge in [-0.3, -0.25) is 9.59 Å². The lowest BCUT2D eigenvalue weighted by atomic mass is 10.0. The number of rotatable bonds is 9. The summed E-state index contributed by atoms with van der Waals surface area (Å²) >= 11 is 0. The third-order valence-electron chi connectivity index (χ3n) is 5.39. The van der Waals surface area contributed by atoms with Crippen LogP contribution in [0.25, 0.3) is 11.1 Å². The molecule has 0 saturated heterocycles. The van der Waals surface area contributed by atoms with Gasteiger partial charge in [0.1, 0.15) is 11.5 Å². The Morgan fingerprint density at radius 3 is 1.33 bits per heavy atom. The van der Waals surface area contributed by atoms with Crippen LogP contribution in [0.4, 0.5) is 11.4 Å². The van der Waals surface area contributed by atoms with Gasteiger partial charge in [-0.05, 0) is 84.6 Å². The molecule has 36 heavy (non-hydrogen) atoms. The lowest BCUT2D eigenvalue weighted by Crippen LogP contribution is -2.20. The molecule has 6 heteroatoms. The highest BCUT2D eigenvalue weighted by molar-refractivity contribution is 5.93. The molecule has 0 aliphatic carbocycles. The molecule has 0 radical (unpaired) electrons. The normalized spacial score (nSPS) is 10.4. The minimum atomic E-state index is -0.226. The maximum atomic E-state index is 12.2. The van der Waals surface area contributed by atoms with Gasteiger partial charge in [0.15, 0.2) is 13.2 Å². The lowest BCUT2D eigenvalue weighted by Gasteiger charge is -2.10. The van der Waals surface area contributed by atoms with Gasteiger partial charge in [0.25, 0.3) is 11.8 Å². The smallest absolute Gasteiger partial charge is 0.262 e. The zero-order chi connectivity index (χ0) is 25.3. The number of amides is 2. The van der Waals surface area contributed by atoms with E-state index in [1.807, 2.05) is 111 Å². The summed E-state index contributed by atoms with van der Waals surface area (Å²) in [5, 5.41) is 5.68. The molecule has 0 fully saturated rings. The van der Waals surface area contributed by atoms with Crippen molar-refractivity contribution in [3.8, 4) is 22.6 Å². The predicted molar refractivity (Wildman–Crippen MR) is 142 cm³/mol. The van der Waals surface area contributed by atoms with Crippen molar-refractivity contribution in [2.24, 2.45) is 0 Å². The van der Waals surface area contributed by atoms with Gasteiger partial charge >= 0.3 is 0 Å². The number of anilines is 2. The molecule has 0 aromatic heterocycles. The van der Waals surface area contributed by atoms with Crippen LogP contribution in [0, 0.1) is 13.8 Å². The van der Waals surface area contributed by atoms with Crippen LogP contribution >= 0.6 is 0 Å². The van der Waals surface area contributed by atoms with Gasteiger partial charge in [0.2, 0.25) is 0 Å². The van der Waals surface area contributed by atoms with Crippen LogP contribution in [0.15, 0.2) is 97.1 Å². The molecule has 4 rings (SSSR count). The molecule has 4 aromatic rings. The van der Waals surface area contributed by atoms with E-state index in [1.165, 1.54) is 0 Å². The van der Waals surface area contributed by atoms with E-state index in [0.717, 1.165) is 22.3 Å². The molecule has 0 atom stereocenters. The van der Waals surface area contributed by atoms with E-state index in [-0.39, 0.29) is 25.0 Å². The summed E-state index contributed by atoms with van der Waals surface area (Å²) in [4.78, 5) is 24.4. The van der Waals surface area contributed by atoms with Gasteiger partial charge in [0.05, 0.1) is 0 Å². The molecule has 4 aromatic carbocycles. The lowest BCUT2D eigenvalue weighted by molar-refractivity contribution is -0.118. The van der Waals surface area contributed by atoms with Gasteiger partial charge < -0.3 is 20.1 Å². The molecule has 0 bridgehead atoms. The van der Waals surface area contributed by atoms with Crippen molar-refractivity contribution in [3.05, 3.63) is 108 Å². The van der Waals surface area contributed by atoms with Crippen LogP contribution < -0.4 is 20.1 Å². The fraction of sp³-hybridized carbons (Fsp3) is 0.133. The van der Waals surface area contributed by atoms with Crippen molar-refractivity contribution in [2.45, 2.75) is 13.8 Å². The largest absolute Gasteiger partial charge is 0.484 e. The summed E-state index contributed by atoms with van der Waals surface area (Å²) in [5.74, 6) is 0.879. The Hall–Kier alpha value is -4.58. The number of hydrogen-bond acceptors (Lipinski definition) is 4. The average Bonchev–Trinajstić information content (AvgIpc) is 2.87. The van der Waals surface area contributed by atoms with Crippen LogP contribution in [0.2, 0.25) is 0 Å². The number of carbonyl (C=O) groups excluding carboxylic acids is 2. The van der Waals surface area contributed by atoms with Crippen molar-refractivity contribution in [2.75, 3.05) is 23.8 Å². The maximum absolute atomic E-state index is 12.2. The summed E-state index contributed by atoms with van der Waals surface area (Å²) in [6, 6.07) is 30.3. The molecule has 0 unspecified atom stereocenters. The molecular formula is C30H28N2O4. The first-order valence-electron chi connectivity index (χ1n) is 11.6. The van der Waals surface area contributed by atoms with E-state index in [1.54, 1.807) is 0 Å². The topological polar surface area (TPSA) is 76.7 Å². The molecule has 0 heterocycles. The first-order valence-corrected chi connectivity index (χ1v) is 11.6. The number of carbonyl (C=O) groups is 2. The quantitative estimate of drug-likeness (QED) is 0.308. The molecule has 0 saturated carbocycles. The second-order valence-corrected chi connectivity index (χ2v) is 8.46. The molecule has 182 valence electrons. The van der Waals surface area contributed by atoms with Crippen LogP contribution in [-0.2, 0) is 9.59 Å². The Balaban J connectivity index is 1.26. The minimum Gasteiger partial charge on any atom is -0.484 e. The Morgan fingerprint density at radius 2 is 0.972 bits per heavy atom. The summed E-state index contributed by atoms with van der Waals surface area (Å²) in [6.07, 6.45) is 0. The van der Waals surface area contributed by atoms with E-state index in [4.69, 9.17) is 9.47 Å². The number of hydrogen-bond donors (Lipinski definition) is 2. The summed E-state index contributed by atoms with van der Waals surface area (Å²) in [7, 11) is 0. The predicted octanol–water partition coefficient (Wildman–Crippen LogP) is 6.01. The van der Waals surface area contributed by atoms with Crippen molar-refractivity contribution < 1.29 is 19.1 Å². The van der Waals surface area contributed by atoms with E-state index in [2.05, 4.69) is 10.6 Å². The number of nitrogens with one attached hydrogen (secondary N) is 2. The number of benzene rings is 4. The Labute approximate surface area is 210 Å². The average molecular weight is 481 g/mol. The standard InChI is InChI=1S/C30H28N2O4/c1-21-5-3-7-27(17-21)35-19-29(33)31-25-13-9-23(10-14-25)24-11-15-26(16-12-24)32-30(34)20-36-28-8-4-6-22(2)18-28/h3-18H,19-20H2,1-2H3,(H,31,33)(H,32,34). The third kappa shape index (κ3) is 7.21. The van der Waals surface area contributed by atoms with Crippen molar-refractivity contribution >= 4 is 23.2 Å². The third-order valence-corrected chi connectivity index (χ3v) is 5.39. The van der Waals surface area contributed by atoms with Gasteiger partial charge in [-0.1, -0.05) is 48.5 Å². The first kappa shape index (κ1) is 24.5. The van der Waals surface area contributed by atoms with Gasteiger partial charge in [0, 0.05) is 11.4 Å². The Morgan fingerprint density at radius 1 is 0.583 bits per heavy atom. The number of ether oxygens (including phenoxy) is 2. The maximum Gasteiger partial charge on any atom is 0.262 e. The highest BCUT2D eigenvalue weighted by Gasteiger charge is 2.07. The Kier molecular flexibility index (Phi) is 7.98. The second-order valence-electron chi connectivity index (χ2n) is 8.46. The SMILES string of the molecule is Cc1cccc(OCC(=O)Nc2ccc(-c3ccc(NC(=O)COc4cccc(C)c4)cc3)cc2)c1. The summed E-state index contributed by atoms with van der Waals surface area (Å²) < 4.78 is 11.1. The minimum absolute atomic E-state index is 0.0611. The molecular weight excluding hydrogens is 452 g/mol. The molecule has 0 aliphatic heterocycles. The fourth-order valence-corrected chi connectivity index (χ4v) is 3.59. The van der Waals surface area contributed by atoms with E-state index < -0.39 is 0 Å². The molecule has 0 spiro atoms. The zero-order valence-corrected chi connectivity index (χ0v) is 20.3. The van der Waals surface area contributed by atoms with Gasteiger partial charge in [-0.15, -0.1) is 0 Å². The van der Waals surface area contributed by atoms with E-state index >= 15 is 0 Å². The highest BCUT2D eigenvalue weighted by Crippen LogP contribution is 2.23. The van der Waals surface area contributed by atoms with Gasteiger partial charge in [-0.2, -0.15) is 0 Å². The van der Waals surface area contributed by atoms with Crippen LogP contribution in [0.1, 0.15) is 11.1 Å². The highest BCUT2D eigenvalue weighted by atomic mass is 16.5. The zero-order valence-electron chi connectivity index (χ0n) is 20.3. The Bertz CT molecular complexity index is 1230. The van der Waals surface area contributed by atoms with Crippen LogP contribution in [-0.4, -0.2) is 25.0 Å². The summed E-state index contributed by atoms with van der Waals surface area (Å²) in [5.41, 5.74) is 5.51. The molecule has 2 N–H and O–H groups in total. The second kappa shape index (κ2) is 11.7. The van der Waals surface area contributed by atoms with Crippen LogP contribution in [0.3, 0.4) is 0 Å². The van der Waals surface area contributed by atoms with Gasteiger partial charge in [-0.25, -0.2) is 0 Å². The molecule has 6 nitrogen and oxygen atoms in total. The van der Waals surface area contributed by atoms with E-state index in [0.29, 0.717) is 22.9 Å². The van der Waals surface area contributed by atoms with Crippen molar-refractivity contribution in [1.82, 2.24) is 0 Å². The van der Waals surface area contributed by atoms with Crippen molar-refractivity contribution in [3.63, 3.8) is 0 Å². The monoisotopic (exact) mass is 480 g/mol. The molecule has 2 amide bonds.